The van der Waals surface area contributed by atoms with E-state index in [1.165, 1.54) is 4.31 Å². The van der Waals surface area contributed by atoms with Gasteiger partial charge in [-0.2, -0.15) is 4.31 Å². The second kappa shape index (κ2) is 6.84. The number of ether oxygens (including phenoxy) is 1. The van der Waals surface area contributed by atoms with Gasteiger partial charge in [-0.05, 0) is 7.05 Å². The summed E-state index contributed by atoms with van der Waals surface area (Å²) >= 11 is 0. The predicted octanol–water partition coefficient (Wildman–Crippen LogP) is -1.19. The molecule has 2 saturated heterocycles. The molecule has 0 aromatic heterocycles. The number of nitrogens with zero attached hydrogens (tertiary/aromatic N) is 3. The van der Waals surface area contributed by atoms with Gasteiger partial charge in [-0.1, -0.05) is 0 Å². The summed E-state index contributed by atoms with van der Waals surface area (Å²) in [5, 5.41) is 0. The van der Waals surface area contributed by atoms with Crippen LogP contribution in [0, 0.1) is 0 Å². The molecule has 116 valence electrons. The van der Waals surface area contributed by atoms with E-state index >= 15 is 0 Å². The second-order valence-corrected chi connectivity index (χ2v) is 7.35. The molecule has 0 radical (unpaired) electrons. The summed E-state index contributed by atoms with van der Waals surface area (Å²) in [6.07, 6.45) is 0.0728. The Balaban J connectivity index is 1.80. The highest BCUT2D eigenvalue weighted by Crippen LogP contribution is 2.09. The lowest BCUT2D eigenvalue weighted by Gasteiger charge is -2.32. The van der Waals surface area contributed by atoms with E-state index in [1.807, 2.05) is 7.05 Å². The summed E-state index contributed by atoms with van der Waals surface area (Å²) in [4.78, 5) is 16.0. The van der Waals surface area contributed by atoms with Gasteiger partial charge in [-0.3, -0.25) is 4.79 Å². The Hall–Kier alpha value is -0.700. The molecule has 7 nitrogen and oxygen atoms in total. The van der Waals surface area contributed by atoms with E-state index in [0.29, 0.717) is 39.4 Å². The number of morpholine rings is 1. The Morgan fingerprint density at radius 2 is 1.65 bits per heavy atom. The minimum atomic E-state index is -3.33. The van der Waals surface area contributed by atoms with Crippen molar-refractivity contribution < 1.29 is 17.9 Å². The summed E-state index contributed by atoms with van der Waals surface area (Å²) in [5.41, 5.74) is 0. The lowest BCUT2D eigenvalue weighted by molar-refractivity contribution is -0.132. The van der Waals surface area contributed by atoms with Gasteiger partial charge in [0.25, 0.3) is 0 Å². The first-order valence-electron chi connectivity index (χ1n) is 7.01. The highest BCUT2D eigenvalue weighted by molar-refractivity contribution is 7.89. The van der Waals surface area contributed by atoms with Crippen LogP contribution in [0.3, 0.4) is 0 Å². The quantitative estimate of drug-likeness (QED) is 0.653. The Kier molecular flexibility index (Phi) is 5.36. The number of hydrogen-bond acceptors (Lipinski definition) is 5. The van der Waals surface area contributed by atoms with E-state index in [2.05, 4.69) is 4.90 Å². The van der Waals surface area contributed by atoms with E-state index in [0.717, 1.165) is 13.1 Å². The molecule has 0 aliphatic carbocycles. The lowest BCUT2D eigenvalue weighted by Crippen LogP contribution is -2.48. The van der Waals surface area contributed by atoms with Crippen molar-refractivity contribution in [3.63, 3.8) is 0 Å². The molecule has 2 aliphatic rings. The molecule has 0 aromatic rings. The van der Waals surface area contributed by atoms with Crippen LogP contribution < -0.4 is 0 Å². The average Bonchev–Trinajstić information content (AvgIpc) is 2.46. The number of piperazine rings is 1. The van der Waals surface area contributed by atoms with Crippen molar-refractivity contribution in [2.75, 3.05) is 65.3 Å². The number of rotatable bonds is 4. The predicted molar refractivity (Wildman–Crippen MR) is 74.9 cm³/mol. The third-order valence-corrected chi connectivity index (χ3v) is 5.67. The summed E-state index contributed by atoms with van der Waals surface area (Å²) in [6, 6.07) is 0. The summed E-state index contributed by atoms with van der Waals surface area (Å²) < 4.78 is 30.8. The Labute approximate surface area is 120 Å². The van der Waals surface area contributed by atoms with Gasteiger partial charge >= 0.3 is 0 Å². The molecule has 0 unspecified atom stereocenters. The summed E-state index contributed by atoms with van der Waals surface area (Å²) in [5.74, 6) is -0.159. The van der Waals surface area contributed by atoms with Gasteiger partial charge < -0.3 is 14.5 Å². The number of hydrogen-bond donors (Lipinski definition) is 0. The molecule has 20 heavy (non-hydrogen) atoms. The topological polar surface area (TPSA) is 70.2 Å². The molecule has 8 heteroatoms. The van der Waals surface area contributed by atoms with E-state index in [4.69, 9.17) is 4.74 Å². The van der Waals surface area contributed by atoms with Crippen LogP contribution in [0.1, 0.15) is 6.42 Å². The molecular formula is C12H23N3O4S. The van der Waals surface area contributed by atoms with Gasteiger partial charge in [0.1, 0.15) is 0 Å². The van der Waals surface area contributed by atoms with Crippen LogP contribution in [-0.2, 0) is 19.6 Å². The van der Waals surface area contributed by atoms with Gasteiger partial charge in [0.2, 0.25) is 15.9 Å². The monoisotopic (exact) mass is 305 g/mol. The SMILES string of the molecule is CN1CCN(C(=O)CCS(=O)(=O)N2CCOCC2)CC1. The maximum Gasteiger partial charge on any atom is 0.223 e. The highest BCUT2D eigenvalue weighted by Gasteiger charge is 2.26. The van der Waals surface area contributed by atoms with Gasteiger partial charge in [-0.25, -0.2) is 8.42 Å². The molecule has 0 saturated carbocycles. The Morgan fingerprint density at radius 3 is 2.25 bits per heavy atom. The van der Waals surface area contributed by atoms with Crippen molar-refractivity contribution in [2.45, 2.75) is 6.42 Å². The molecule has 0 atom stereocenters. The largest absolute Gasteiger partial charge is 0.379 e. The summed E-state index contributed by atoms with van der Waals surface area (Å²) in [6.45, 7) is 4.73. The number of likely N-dealkylation sites (N-methyl/N-ethyl adjacent to an activating group) is 1. The molecule has 0 aromatic carbocycles. The van der Waals surface area contributed by atoms with Crippen molar-refractivity contribution in [2.24, 2.45) is 0 Å². The van der Waals surface area contributed by atoms with Crippen LogP contribution in [0.2, 0.25) is 0 Å². The molecule has 2 fully saturated rings. The minimum Gasteiger partial charge on any atom is -0.379 e. The number of carbonyl (C=O) groups is 1. The number of sulfonamides is 1. The van der Waals surface area contributed by atoms with Crippen LogP contribution in [0.4, 0.5) is 0 Å². The Morgan fingerprint density at radius 1 is 1.05 bits per heavy atom. The van der Waals surface area contributed by atoms with Crippen LogP contribution >= 0.6 is 0 Å². The van der Waals surface area contributed by atoms with E-state index < -0.39 is 10.0 Å². The molecule has 0 spiro atoms. The van der Waals surface area contributed by atoms with Crippen LogP contribution in [-0.4, -0.2) is 93.7 Å². The first-order valence-corrected chi connectivity index (χ1v) is 8.62. The maximum atomic E-state index is 12.1. The van der Waals surface area contributed by atoms with E-state index in [9.17, 15) is 13.2 Å². The number of carbonyl (C=O) groups excluding carboxylic acids is 1. The van der Waals surface area contributed by atoms with Gasteiger partial charge in [0.05, 0.1) is 19.0 Å². The molecule has 2 aliphatic heterocycles. The lowest BCUT2D eigenvalue weighted by atomic mass is 10.3. The number of amides is 1. The molecule has 0 N–H and O–H groups in total. The van der Waals surface area contributed by atoms with Crippen LogP contribution in [0.25, 0.3) is 0 Å². The Bertz CT molecular complexity index is 426. The zero-order valence-corrected chi connectivity index (χ0v) is 12.8. The fourth-order valence-corrected chi connectivity index (χ4v) is 3.78. The fraction of sp³-hybridized carbons (Fsp3) is 0.917. The first-order chi connectivity index (χ1) is 9.49. The van der Waals surface area contributed by atoms with Gasteiger partial charge in [0.15, 0.2) is 0 Å². The van der Waals surface area contributed by atoms with Crippen molar-refractivity contribution in [1.29, 1.82) is 0 Å². The molecule has 2 heterocycles. The standard InChI is InChI=1S/C12H23N3O4S/c1-13-3-5-14(6-4-13)12(16)2-11-20(17,18)15-7-9-19-10-8-15/h2-11H2,1H3. The first kappa shape index (κ1) is 15.7. The van der Waals surface area contributed by atoms with Gasteiger partial charge in [-0.15, -0.1) is 0 Å². The molecule has 1 amide bonds. The zero-order valence-electron chi connectivity index (χ0n) is 12.0. The van der Waals surface area contributed by atoms with Crippen molar-refractivity contribution in [3.8, 4) is 0 Å². The van der Waals surface area contributed by atoms with Crippen LogP contribution in [0.15, 0.2) is 0 Å². The fourth-order valence-electron chi connectivity index (χ4n) is 2.38. The normalized spacial score (nSPS) is 22.9. The summed E-state index contributed by atoms with van der Waals surface area (Å²) in [7, 11) is -1.31. The minimum absolute atomic E-state index is 0.0602. The van der Waals surface area contributed by atoms with Crippen molar-refractivity contribution in [3.05, 3.63) is 0 Å². The second-order valence-electron chi connectivity index (χ2n) is 5.26. The van der Waals surface area contributed by atoms with Crippen LogP contribution in [0.5, 0.6) is 0 Å². The van der Waals surface area contributed by atoms with Crippen molar-refractivity contribution in [1.82, 2.24) is 14.1 Å². The molecule has 0 bridgehead atoms. The van der Waals surface area contributed by atoms with Gasteiger partial charge in [0, 0.05) is 45.7 Å². The third kappa shape index (κ3) is 4.15. The molecular weight excluding hydrogens is 282 g/mol. The third-order valence-electron chi connectivity index (χ3n) is 3.79. The smallest absolute Gasteiger partial charge is 0.223 e. The van der Waals surface area contributed by atoms with E-state index in [1.54, 1.807) is 4.90 Å². The van der Waals surface area contributed by atoms with Crippen molar-refractivity contribution >= 4 is 15.9 Å². The highest BCUT2D eigenvalue weighted by atomic mass is 32.2. The van der Waals surface area contributed by atoms with E-state index in [-0.39, 0.29) is 18.1 Å². The maximum absolute atomic E-state index is 12.1. The zero-order chi connectivity index (χ0) is 14.6. The molecule has 2 rings (SSSR count). The average molecular weight is 305 g/mol.